The summed E-state index contributed by atoms with van der Waals surface area (Å²) >= 11 is 0. The molecule has 156 valence electrons. The summed E-state index contributed by atoms with van der Waals surface area (Å²) in [4.78, 5) is 12.5. The predicted octanol–water partition coefficient (Wildman–Crippen LogP) is 4.76. The van der Waals surface area contributed by atoms with Gasteiger partial charge in [0.25, 0.3) is 5.91 Å². The zero-order valence-electron chi connectivity index (χ0n) is 17.4. The molecule has 0 saturated heterocycles. The number of carbonyl (C=O) groups excluding carboxylic acids is 1. The number of rotatable bonds is 7. The van der Waals surface area contributed by atoms with Gasteiger partial charge in [0.15, 0.2) is 11.5 Å². The summed E-state index contributed by atoms with van der Waals surface area (Å²) in [6, 6.07) is 15.9. The van der Waals surface area contributed by atoms with Crippen molar-refractivity contribution in [1.29, 1.82) is 0 Å². The van der Waals surface area contributed by atoms with Gasteiger partial charge in [0.2, 0.25) is 5.75 Å². The van der Waals surface area contributed by atoms with Crippen LogP contribution >= 0.6 is 0 Å². The Morgan fingerprint density at radius 2 is 1.47 bits per heavy atom. The van der Waals surface area contributed by atoms with Crippen molar-refractivity contribution >= 4 is 5.91 Å². The zero-order valence-corrected chi connectivity index (χ0v) is 17.4. The van der Waals surface area contributed by atoms with Gasteiger partial charge in [0, 0.05) is 6.54 Å². The minimum absolute atomic E-state index is 0.0155. The normalized spacial score (nSPS) is 10.4. The van der Waals surface area contributed by atoms with Gasteiger partial charge in [-0.15, -0.1) is 0 Å². The highest BCUT2D eigenvalue weighted by Gasteiger charge is 2.16. The molecule has 3 aromatic rings. The molecule has 5 nitrogen and oxygen atoms in total. The molecule has 1 amide bonds. The SMILES string of the molecule is COc1cc(CNC(=O)c2ccc(-c3ccc(C)cc3)cc2F)cc(OC)c1OC. The predicted molar refractivity (Wildman–Crippen MR) is 114 cm³/mol. The van der Waals surface area contributed by atoms with Crippen molar-refractivity contribution in [2.24, 2.45) is 0 Å². The molecule has 0 spiro atoms. The lowest BCUT2D eigenvalue weighted by atomic mass is 10.0. The summed E-state index contributed by atoms with van der Waals surface area (Å²) in [5.41, 5.74) is 3.45. The van der Waals surface area contributed by atoms with Crippen molar-refractivity contribution in [3.63, 3.8) is 0 Å². The Kier molecular flexibility index (Phi) is 6.57. The van der Waals surface area contributed by atoms with E-state index in [2.05, 4.69) is 5.32 Å². The third-order valence-corrected chi connectivity index (χ3v) is 4.78. The van der Waals surface area contributed by atoms with Gasteiger partial charge in [-0.1, -0.05) is 35.9 Å². The molecular formula is C24H24FNO4. The number of hydrogen-bond acceptors (Lipinski definition) is 4. The van der Waals surface area contributed by atoms with Crippen molar-refractivity contribution in [3.8, 4) is 28.4 Å². The Bertz CT molecular complexity index is 1020. The number of benzene rings is 3. The van der Waals surface area contributed by atoms with Gasteiger partial charge < -0.3 is 19.5 Å². The van der Waals surface area contributed by atoms with Gasteiger partial charge in [-0.2, -0.15) is 0 Å². The Labute approximate surface area is 175 Å². The Hall–Kier alpha value is -3.54. The van der Waals surface area contributed by atoms with Crippen LogP contribution in [0.2, 0.25) is 0 Å². The first-order valence-electron chi connectivity index (χ1n) is 9.40. The van der Waals surface area contributed by atoms with Gasteiger partial charge >= 0.3 is 0 Å². The van der Waals surface area contributed by atoms with Crippen molar-refractivity contribution in [1.82, 2.24) is 5.32 Å². The number of ether oxygens (including phenoxy) is 3. The second-order valence-corrected chi connectivity index (χ2v) is 6.78. The molecule has 0 aliphatic carbocycles. The third-order valence-electron chi connectivity index (χ3n) is 4.78. The van der Waals surface area contributed by atoms with Crippen LogP contribution < -0.4 is 19.5 Å². The van der Waals surface area contributed by atoms with Crippen molar-refractivity contribution < 1.29 is 23.4 Å². The number of methoxy groups -OCH3 is 3. The minimum atomic E-state index is -0.574. The van der Waals surface area contributed by atoms with Crippen molar-refractivity contribution in [3.05, 3.63) is 77.1 Å². The molecule has 0 atom stereocenters. The zero-order chi connectivity index (χ0) is 21.7. The van der Waals surface area contributed by atoms with Crippen LogP contribution in [-0.4, -0.2) is 27.2 Å². The third kappa shape index (κ3) is 4.54. The molecule has 0 aliphatic rings. The van der Waals surface area contributed by atoms with Crippen LogP contribution in [0.1, 0.15) is 21.5 Å². The number of amides is 1. The fraction of sp³-hybridized carbons (Fsp3) is 0.208. The van der Waals surface area contributed by atoms with Gasteiger partial charge in [-0.3, -0.25) is 4.79 Å². The fourth-order valence-corrected chi connectivity index (χ4v) is 3.14. The van der Waals surface area contributed by atoms with Crippen LogP contribution in [0.4, 0.5) is 4.39 Å². The van der Waals surface area contributed by atoms with E-state index in [0.29, 0.717) is 22.8 Å². The summed E-state index contributed by atoms with van der Waals surface area (Å²) in [6.07, 6.45) is 0. The summed E-state index contributed by atoms with van der Waals surface area (Å²) in [5.74, 6) is 0.351. The van der Waals surface area contributed by atoms with Crippen LogP contribution in [-0.2, 0) is 6.54 Å². The van der Waals surface area contributed by atoms with Crippen molar-refractivity contribution in [2.75, 3.05) is 21.3 Å². The smallest absolute Gasteiger partial charge is 0.254 e. The lowest BCUT2D eigenvalue weighted by Crippen LogP contribution is -2.24. The largest absolute Gasteiger partial charge is 0.493 e. The molecular weight excluding hydrogens is 385 g/mol. The summed E-state index contributed by atoms with van der Waals surface area (Å²) in [6.45, 7) is 2.17. The van der Waals surface area contributed by atoms with E-state index in [0.717, 1.165) is 16.7 Å². The van der Waals surface area contributed by atoms with Crippen LogP contribution in [0.5, 0.6) is 17.2 Å². The molecule has 3 rings (SSSR count). The average molecular weight is 409 g/mol. The highest BCUT2D eigenvalue weighted by atomic mass is 19.1. The van der Waals surface area contributed by atoms with Crippen LogP contribution in [0, 0.1) is 12.7 Å². The minimum Gasteiger partial charge on any atom is -0.493 e. The van der Waals surface area contributed by atoms with Gasteiger partial charge in [0.1, 0.15) is 5.82 Å². The van der Waals surface area contributed by atoms with E-state index >= 15 is 0 Å². The maximum absolute atomic E-state index is 14.6. The second kappa shape index (κ2) is 9.31. The number of nitrogens with one attached hydrogen (secondary N) is 1. The van der Waals surface area contributed by atoms with Gasteiger partial charge in [-0.25, -0.2) is 4.39 Å². The standard InChI is InChI=1S/C24H24FNO4/c1-15-5-7-17(8-6-15)18-9-10-19(20(25)13-18)24(27)26-14-16-11-21(28-2)23(30-4)22(12-16)29-3/h5-13H,14H2,1-4H3,(H,26,27). The molecule has 0 saturated carbocycles. The summed E-state index contributed by atoms with van der Waals surface area (Å²) in [5, 5.41) is 2.73. The first kappa shape index (κ1) is 21.2. The lowest BCUT2D eigenvalue weighted by Gasteiger charge is -2.14. The van der Waals surface area contributed by atoms with Crippen LogP contribution in [0.3, 0.4) is 0 Å². The van der Waals surface area contributed by atoms with E-state index in [1.807, 2.05) is 31.2 Å². The quantitative estimate of drug-likeness (QED) is 0.612. The molecule has 0 fully saturated rings. The number of hydrogen-bond donors (Lipinski definition) is 1. The molecule has 0 bridgehead atoms. The van der Waals surface area contributed by atoms with E-state index < -0.39 is 11.7 Å². The first-order chi connectivity index (χ1) is 14.5. The highest BCUT2D eigenvalue weighted by molar-refractivity contribution is 5.95. The Morgan fingerprint density at radius 3 is 2.00 bits per heavy atom. The maximum Gasteiger partial charge on any atom is 0.254 e. The summed E-state index contributed by atoms with van der Waals surface area (Å²) < 4.78 is 30.5. The lowest BCUT2D eigenvalue weighted by molar-refractivity contribution is 0.0947. The molecule has 1 N–H and O–H groups in total. The molecule has 0 heterocycles. The summed E-state index contributed by atoms with van der Waals surface area (Å²) in [7, 11) is 4.56. The van der Waals surface area contributed by atoms with Gasteiger partial charge in [0.05, 0.1) is 26.9 Å². The molecule has 0 unspecified atom stereocenters. The molecule has 6 heteroatoms. The van der Waals surface area contributed by atoms with E-state index in [4.69, 9.17) is 14.2 Å². The fourth-order valence-electron chi connectivity index (χ4n) is 3.14. The first-order valence-corrected chi connectivity index (χ1v) is 9.40. The maximum atomic E-state index is 14.6. The molecule has 0 aliphatic heterocycles. The van der Waals surface area contributed by atoms with Crippen LogP contribution in [0.15, 0.2) is 54.6 Å². The Morgan fingerprint density at radius 1 is 0.867 bits per heavy atom. The number of aryl methyl sites for hydroxylation is 1. The highest BCUT2D eigenvalue weighted by Crippen LogP contribution is 2.38. The molecule has 30 heavy (non-hydrogen) atoms. The molecule has 0 radical (unpaired) electrons. The van der Waals surface area contributed by atoms with Crippen molar-refractivity contribution in [2.45, 2.75) is 13.5 Å². The topological polar surface area (TPSA) is 56.8 Å². The van der Waals surface area contributed by atoms with Crippen LogP contribution in [0.25, 0.3) is 11.1 Å². The van der Waals surface area contributed by atoms with E-state index in [1.165, 1.54) is 33.5 Å². The number of halogens is 1. The molecule has 3 aromatic carbocycles. The van der Waals surface area contributed by atoms with Gasteiger partial charge in [-0.05, 0) is 47.9 Å². The van der Waals surface area contributed by atoms with E-state index in [1.54, 1.807) is 18.2 Å². The number of carbonyl (C=O) groups is 1. The van der Waals surface area contributed by atoms with E-state index in [-0.39, 0.29) is 12.1 Å². The monoisotopic (exact) mass is 409 g/mol. The van der Waals surface area contributed by atoms with E-state index in [9.17, 15) is 9.18 Å². The Balaban J connectivity index is 1.76. The average Bonchev–Trinajstić information content (AvgIpc) is 2.77. The second-order valence-electron chi connectivity index (χ2n) is 6.78. The molecule has 0 aromatic heterocycles.